The molecule has 2 heteroatoms. The van der Waals surface area contributed by atoms with Crippen LogP contribution in [0.25, 0.3) is 0 Å². The first-order valence-electron chi connectivity index (χ1n) is 2.00. The molecule has 0 nitrogen and oxygen atoms in total. The van der Waals surface area contributed by atoms with Crippen LogP contribution in [0, 0.1) is 0 Å². The predicted molar refractivity (Wildman–Crippen MR) is 29.2 cm³/mol. The van der Waals surface area contributed by atoms with Crippen molar-refractivity contribution < 1.29 is 29.6 Å². The molecule has 0 bridgehead atoms. The van der Waals surface area contributed by atoms with Gasteiger partial charge in [0, 0.05) is 8.07 Å². The average molecular weight is 111 g/mol. The Morgan fingerprint density at radius 1 is 0.833 bits per heavy atom. The van der Waals surface area contributed by atoms with E-state index in [0.717, 1.165) is 0 Å². The van der Waals surface area contributed by atoms with Crippen LogP contribution >= 0.6 is 0 Å². The first kappa shape index (κ1) is 10.2. The van der Waals surface area contributed by atoms with Crippen molar-refractivity contribution in [2.24, 2.45) is 0 Å². The molecule has 0 saturated heterocycles. The Morgan fingerprint density at radius 3 is 0.833 bits per heavy atom. The Balaban J connectivity index is 0. The van der Waals surface area contributed by atoms with E-state index in [-0.39, 0.29) is 29.6 Å². The maximum atomic E-state index is 2.33. The predicted octanol–water partition coefficient (Wildman–Crippen LogP) is -1.04. The molecule has 0 rings (SSSR count). The summed E-state index contributed by atoms with van der Waals surface area (Å²) in [7, 11) is -0.611. The van der Waals surface area contributed by atoms with Gasteiger partial charge in [-0.15, -0.1) is 0 Å². The quantitative estimate of drug-likeness (QED) is 0.350. The second kappa shape index (κ2) is 3.25. The van der Waals surface area contributed by atoms with Crippen LogP contribution in [0.2, 0.25) is 26.2 Å². The summed E-state index contributed by atoms with van der Waals surface area (Å²) in [6.45, 7) is 9.31. The molecule has 0 aliphatic carbocycles. The molecule has 0 aromatic heterocycles. The van der Waals surface area contributed by atoms with E-state index in [9.17, 15) is 0 Å². The Kier molecular flexibility index (Phi) is 5.55. The van der Waals surface area contributed by atoms with Gasteiger partial charge in [0.15, 0.2) is 0 Å². The van der Waals surface area contributed by atoms with E-state index in [4.69, 9.17) is 0 Å². The van der Waals surface area contributed by atoms with Crippen LogP contribution < -0.4 is 29.6 Å². The molecule has 0 atom stereocenters. The summed E-state index contributed by atoms with van der Waals surface area (Å²) in [6, 6.07) is 0. The van der Waals surface area contributed by atoms with Crippen molar-refractivity contribution in [3.8, 4) is 0 Å². The first-order chi connectivity index (χ1) is 2.00. The minimum absolute atomic E-state index is 0. The molecule has 0 heterocycles. The van der Waals surface area contributed by atoms with Gasteiger partial charge in [-0.05, 0) is 0 Å². The second-order valence-corrected chi connectivity index (χ2v) is 9.00. The van der Waals surface area contributed by atoms with Gasteiger partial charge < -0.3 is 0 Å². The molecule has 0 aliphatic heterocycles. The van der Waals surface area contributed by atoms with E-state index in [1.807, 2.05) is 0 Å². The fourth-order valence-electron chi connectivity index (χ4n) is 0. The van der Waals surface area contributed by atoms with E-state index in [1.54, 1.807) is 0 Å². The molecule has 0 aromatic carbocycles. The summed E-state index contributed by atoms with van der Waals surface area (Å²) in [5, 5.41) is 0. The Bertz CT molecular complexity index is 23.0. The van der Waals surface area contributed by atoms with Gasteiger partial charge in [-0.25, -0.2) is 0 Å². The standard InChI is InChI=1S/C4H12Si.Na/c1-5(2,3)4;/h1-4H3;/q;+1. The van der Waals surface area contributed by atoms with E-state index >= 15 is 0 Å². The SMILES string of the molecule is C[Si](C)(C)C.[Na+]. The fourth-order valence-corrected chi connectivity index (χ4v) is 0. The van der Waals surface area contributed by atoms with Crippen molar-refractivity contribution in [2.45, 2.75) is 26.2 Å². The summed E-state index contributed by atoms with van der Waals surface area (Å²) in [4.78, 5) is 0. The molecule has 0 unspecified atom stereocenters. The molecule has 0 aromatic rings. The van der Waals surface area contributed by atoms with Crippen LogP contribution in [-0.2, 0) is 0 Å². The molecule has 32 valence electrons. The molecular weight excluding hydrogens is 99.1 g/mol. The van der Waals surface area contributed by atoms with Gasteiger partial charge in [0.2, 0.25) is 0 Å². The molecule has 0 fully saturated rings. The molecule has 0 amide bonds. The van der Waals surface area contributed by atoms with Gasteiger partial charge >= 0.3 is 29.6 Å². The van der Waals surface area contributed by atoms with Crippen LogP contribution in [-0.4, -0.2) is 8.07 Å². The van der Waals surface area contributed by atoms with Gasteiger partial charge in [-0.3, -0.25) is 0 Å². The van der Waals surface area contributed by atoms with Crippen molar-refractivity contribution in [3.05, 3.63) is 0 Å². The molecule has 6 heavy (non-hydrogen) atoms. The molecule has 0 aliphatic rings. The van der Waals surface area contributed by atoms with Gasteiger partial charge in [-0.2, -0.15) is 0 Å². The summed E-state index contributed by atoms with van der Waals surface area (Å²) in [5.74, 6) is 0. The fraction of sp³-hybridized carbons (Fsp3) is 1.00. The Labute approximate surface area is 63.6 Å². The van der Waals surface area contributed by atoms with Crippen molar-refractivity contribution in [3.63, 3.8) is 0 Å². The molecule has 0 spiro atoms. The third-order valence-electron chi connectivity index (χ3n) is 0. The molecular formula is C4H12NaSi+. The van der Waals surface area contributed by atoms with Crippen molar-refractivity contribution in [2.75, 3.05) is 0 Å². The maximum Gasteiger partial charge on any atom is 1.00 e. The van der Waals surface area contributed by atoms with Crippen LogP contribution in [0.4, 0.5) is 0 Å². The zero-order valence-electron chi connectivity index (χ0n) is 5.50. The van der Waals surface area contributed by atoms with Gasteiger partial charge in [0.1, 0.15) is 0 Å². The van der Waals surface area contributed by atoms with E-state index in [2.05, 4.69) is 26.2 Å². The minimum atomic E-state index is -0.611. The largest absolute Gasteiger partial charge is 1.00 e. The van der Waals surface area contributed by atoms with E-state index in [0.29, 0.717) is 0 Å². The first-order valence-corrected chi connectivity index (χ1v) is 6.00. The van der Waals surface area contributed by atoms with Crippen LogP contribution in [0.5, 0.6) is 0 Å². The Morgan fingerprint density at radius 2 is 0.833 bits per heavy atom. The average Bonchev–Trinajstić information content (AvgIpc) is 0.722. The second-order valence-electron chi connectivity index (χ2n) is 3.00. The van der Waals surface area contributed by atoms with Gasteiger partial charge in [-0.1, -0.05) is 26.2 Å². The zero-order valence-corrected chi connectivity index (χ0v) is 8.50. The normalized spacial score (nSPS) is 10.0. The van der Waals surface area contributed by atoms with Crippen molar-refractivity contribution in [1.29, 1.82) is 0 Å². The van der Waals surface area contributed by atoms with Crippen molar-refractivity contribution >= 4 is 8.07 Å². The smallest absolute Gasteiger partial charge is 0.0697 e. The number of hydrogen-bond acceptors (Lipinski definition) is 0. The van der Waals surface area contributed by atoms with E-state index in [1.165, 1.54) is 0 Å². The van der Waals surface area contributed by atoms with Crippen LogP contribution in [0.15, 0.2) is 0 Å². The summed E-state index contributed by atoms with van der Waals surface area (Å²) in [5.41, 5.74) is 0. The third kappa shape index (κ3) is 62.6. The number of rotatable bonds is 0. The summed E-state index contributed by atoms with van der Waals surface area (Å²) in [6.07, 6.45) is 0. The Hall–Kier alpha value is 1.22. The monoisotopic (exact) mass is 111 g/mol. The van der Waals surface area contributed by atoms with Gasteiger partial charge in [0.05, 0.1) is 0 Å². The molecule has 0 radical (unpaired) electrons. The van der Waals surface area contributed by atoms with Gasteiger partial charge in [0.25, 0.3) is 0 Å². The minimum Gasteiger partial charge on any atom is -0.0697 e. The van der Waals surface area contributed by atoms with E-state index < -0.39 is 8.07 Å². The number of hydrogen-bond donors (Lipinski definition) is 0. The summed E-state index contributed by atoms with van der Waals surface area (Å²) < 4.78 is 0. The van der Waals surface area contributed by atoms with Crippen molar-refractivity contribution in [1.82, 2.24) is 0 Å². The third-order valence-corrected chi connectivity index (χ3v) is 0. The van der Waals surface area contributed by atoms with Crippen LogP contribution in [0.3, 0.4) is 0 Å². The zero-order chi connectivity index (χ0) is 4.50. The summed E-state index contributed by atoms with van der Waals surface area (Å²) >= 11 is 0. The topological polar surface area (TPSA) is 0 Å². The molecule has 0 saturated carbocycles. The molecule has 0 N–H and O–H groups in total. The maximum absolute atomic E-state index is 2.33. The van der Waals surface area contributed by atoms with Crippen LogP contribution in [0.1, 0.15) is 0 Å².